The van der Waals surface area contributed by atoms with Gasteiger partial charge in [-0.3, -0.25) is 0 Å². The lowest BCUT2D eigenvalue weighted by Gasteiger charge is -2.20. The first kappa shape index (κ1) is 16.5. The van der Waals surface area contributed by atoms with E-state index in [1.54, 1.807) is 6.26 Å². The van der Waals surface area contributed by atoms with E-state index >= 15 is 0 Å². The molecule has 0 aliphatic carbocycles. The zero-order valence-electron chi connectivity index (χ0n) is 13.9. The fourth-order valence-corrected chi connectivity index (χ4v) is 2.74. The Labute approximate surface area is 128 Å². The van der Waals surface area contributed by atoms with E-state index in [1.807, 2.05) is 6.07 Å². The fourth-order valence-electron chi connectivity index (χ4n) is 2.74. The summed E-state index contributed by atoms with van der Waals surface area (Å²) < 4.78 is 11.4. The summed E-state index contributed by atoms with van der Waals surface area (Å²) >= 11 is 0. The van der Waals surface area contributed by atoms with Crippen LogP contribution in [0.4, 0.5) is 0 Å². The summed E-state index contributed by atoms with van der Waals surface area (Å²) in [7, 11) is 2.21. The first-order valence-corrected chi connectivity index (χ1v) is 8.04. The third-order valence-corrected chi connectivity index (χ3v) is 4.15. The van der Waals surface area contributed by atoms with Crippen molar-refractivity contribution in [3.63, 3.8) is 0 Å². The predicted molar refractivity (Wildman–Crippen MR) is 85.2 cm³/mol. The third kappa shape index (κ3) is 5.46. The van der Waals surface area contributed by atoms with Gasteiger partial charge in [-0.05, 0) is 59.7 Å². The Balaban J connectivity index is 1.70. The van der Waals surface area contributed by atoms with E-state index in [-0.39, 0.29) is 5.54 Å². The minimum Gasteiger partial charge on any atom is -0.467 e. The van der Waals surface area contributed by atoms with Gasteiger partial charge in [-0.2, -0.15) is 0 Å². The molecule has 4 heteroatoms. The quantitative estimate of drug-likeness (QED) is 0.784. The molecule has 0 radical (unpaired) electrons. The number of hydrogen-bond acceptors (Lipinski definition) is 4. The van der Waals surface area contributed by atoms with Crippen LogP contribution in [0.2, 0.25) is 0 Å². The number of nitrogens with zero attached hydrogens (tertiary/aromatic N) is 1. The second-order valence-electron chi connectivity index (χ2n) is 7.09. The number of nitrogens with one attached hydrogen (secondary N) is 1. The lowest BCUT2D eigenvalue weighted by molar-refractivity contribution is 0.0886. The summed E-state index contributed by atoms with van der Waals surface area (Å²) in [6, 6.07) is 2.73. The highest BCUT2D eigenvalue weighted by Gasteiger charge is 2.20. The number of furan rings is 1. The van der Waals surface area contributed by atoms with Crippen molar-refractivity contribution >= 4 is 0 Å². The number of rotatable bonds is 7. The molecule has 1 fully saturated rings. The summed E-state index contributed by atoms with van der Waals surface area (Å²) in [5.74, 6) is 0.950. The minimum atomic E-state index is 0.114. The predicted octanol–water partition coefficient (Wildman–Crippen LogP) is 3.17. The molecule has 2 rings (SSSR count). The van der Waals surface area contributed by atoms with Crippen LogP contribution in [0, 0.1) is 0 Å². The van der Waals surface area contributed by atoms with Crippen molar-refractivity contribution in [2.45, 2.75) is 64.8 Å². The van der Waals surface area contributed by atoms with E-state index in [4.69, 9.17) is 9.15 Å². The van der Waals surface area contributed by atoms with Crippen LogP contribution in [0.15, 0.2) is 16.7 Å². The molecule has 0 saturated carbocycles. The van der Waals surface area contributed by atoms with Crippen molar-refractivity contribution in [2.24, 2.45) is 0 Å². The molecule has 0 bridgehead atoms. The normalized spacial score (nSPS) is 20.3. The molecule has 0 spiro atoms. The van der Waals surface area contributed by atoms with Crippen LogP contribution in [0.3, 0.4) is 0 Å². The molecule has 1 saturated heterocycles. The minimum absolute atomic E-state index is 0.114. The smallest absolute Gasteiger partial charge is 0.133 e. The van der Waals surface area contributed by atoms with Gasteiger partial charge in [0.25, 0.3) is 0 Å². The van der Waals surface area contributed by atoms with Crippen molar-refractivity contribution < 1.29 is 9.15 Å². The van der Waals surface area contributed by atoms with Crippen molar-refractivity contribution in [3.05, 3.63) is 23.7 Å². The Bertz CT molecular complexity index is 423. The van der Waals surface area contributed by atoms with Crippen LogP contribution in [-0.4, -0.2) is 36.7 Å². The molecule has 1 unspecified atom stereocenters. The van der Waals surface area contributed by atoms with Gasteiger partial charge in [-0.25, -0.2) is 0 Å². The highest BCUT2D eigenvalue weighted by atomic mass is 16.5. The lowest BCUT2D eigenvalue weighted by atomic mass is 10.1. The van der Waals surface area contributed by atoms with E-state index in [2.05, 4.69) is 38.0 Å². The number of likely N-dealkylation sites (tertiary alicyclic amines) is 1. The molecule has 0 aromatic carbocycles. The molecular weight excluding hydrogens is 264 g/mol. The van der Waals surface area contributed by atoms with Crippen LogP contribution in [0.25, 0.3) is 0 Å². The molecule has 21 heavy (non-hydrogen) atoms. The van der Waals surface area contributed by atoms with Gasteiger partial charge in [0.2, 0.25) is 0 Å². The molecule has 1 aliphatic rings. The zero-order chi connectivity index (χ0) is 15.3. The summed E-state index contributed by atoms with van der Waals surface area (Å²) in [5.41, 5.74) is 1.31. The Morgan fingerprint density at radius 1 is 1.43 bits per heavy atom. The molecule has 120 valence electrons. The second kappa shape index (κ2) is 7.43. The first-order chi connectivity index (χ1) is 9.96. The zero-order valence-corrected chi connectivity index (χ0v) is 13.9. The molecule has 0 amide bonds. The summed E-state index contributed by atoms with van der Waals surface area (Å²) in [5, 5.41) is 3.48. The van der Waals surface area contributed by atoms with Crippen LogP contribution < -0.4 is 5.32 Å². The van der Waals surface area contributed by atoms with Crippen LogP contribution in [0.1, 0.15) is 51.4 Å². The third-order valence-electron chi connectivity index (χ3n) is 4.15. The van der Waals surface area contributed by atoms with Gasteiger partial charge in [0.15, 0.2) is 0 Å². The SMILES string of the molecule is CN1CCCC1CCOCc1occc1CNC(C)(C)C. The van der Waals surface area contributed by atoms with Crippen molar-refractivity contribution in [3.8, 4) is 0 Å². The first-order valence-electron chi connectivity index (χ1n) is 8.04. The van der Waals surface area contributed by atoms with Crippen molar-refractivity contribution in [1.29, 1.82) is 0 Å². The summed E-state index contributed by atoms with van der Waals surface area (Å²) in [6.07, 6.45) is 5.50. The van der Waals surface area contributed by atoms with E-state index in [1.165, 1.54) is 24.9 Å². The maximum atomic E-state index is 5.81. The Hall–Kier alpha value is -0.840. The highest BCUT2D eigenvalue weighted by Crippen LogP contribution is 2.18. The number of ether oxygens (including phenoxy) is 1. The summed E-state index contributed by atoms with van der Waals surface area (Å²) in [4.78, 5) is 2.44. The Kier molecular flexibility index (Phi) is 5.85. The van der Waals surface area contributed by atoms with Crippen LogP contribution in [0.5, 0.6) is 0 Å². The van der Waals surface area contributed by atoms with E-state index < -0.39 is 0 Å². The fraction of sp³-hybridized carbons (Fsp3) is 0.765. The van der Waals surface area contributed by atoms with Gasteiger partial charge in [-0.15, -0.1) is 0 Å². The molecule has 4 nitrogen and oxygen atoms in total. The molecule has 1 atom stereocenters. The molecular formula is C17H30N2O2. The standard InChI is InChI=1S/C17H30N2O2/c1-17(2,3)18-12-14-7-11-21-16(14)13-20-10-8-15-6-5-9-19(15)4/h7,11,15,18H,5-6,8-10,12-13H2,1-4H3. The number of hydrogen-bond donors (Lipinski definition) is 1. The van der Waals surface area contributed by atoms with Gasteiger partial charge < -0.3 is 19.4 Å². The van der Waals surface area contributed by atoms with E-state index in [9.17, 15) is 0 Å². The van der Waals surface area contributed by atoms with Gasteiger partial charge in [-0.1, -0.05) is 0 Å². The monoisotopic (exact) mass is 294 g/mol. The van der Waals surface area contributed by atoms with Gasteiger partial charge in [0, 0.05) is 30.3 Å². The molecule has 1 N–H and O–H groups in total. The van der Waals surface area contributed by atoms with Gasteiger partial charge >= 0.3 is 0 Å². The largest absolute Gasteiger partial charge is 0.467 e. The van der Waals surface area contributed by atoms with Crippen molar-refractivity contribution in [2.75, 3.05) is 20.2 Å². The van der Waals surface area contributed by atoms with Crippen molar-refractivity contribution in [1.82, 2.24) is 10.2 Å². The van der Waals surface area contributed by atoms with E-state index in [0.717, 1.165) is 25.3 Å². The Morgan fingerprint density at radius 3 is 2.90 bits per heavy atom. The maximum absolute atomic E-state index is 5.81. The Morgan fingerprint density at radius 2 is 2.24 bits per heavy atom. The van der Waals surface area contributed by atoms with Gasteiger partial charge in [0.1, 0.15) is 12.4 Å². The van der Waals surface area contributed by atoms with Crippen LogP contribution >= 0.6 is 0 Å². The molecule has 2 heterocycles. The topological polar surface area (TPSA) is 37.6 Å². The van der Waals surface area contributed by atoms with Gasteiger partial charge in [0.05, 0.1) is 6.26 Å². The van der Waals surface area contributed by atoms with E-state index in [0.29, 0.717) is 12.6 Å². The highest BCUT2D eigenvalue weighted by molar-refractivity contribution is 5.16. The average molecular weight is 294 g/mol. The summed E-state index contributed by atoms with van der Waals surface area (Å²) in [6.45, 7) is 9.94. The van der Waals surface area contributed by atoms with Crippen LogP contribution in [-0.2, 0) is 17.9 Å². The maximum Gasteiger partial charge on any atom is 0.133 e. The average Bonchev–Trinajstić information content (AvgIpc) is 3.01. The molecule has 1 aromatic heterocycles. The lowest BCUT2D eigenvalue weighted by Crippen LogP contribution is -2.35. The molecule has 1 aliphatic heterocycles. The molecule has 1 aromatic rings. The second-order valence-corrected chi connectivity index (χ2v) is 7.09.